The number of fused-ring (bicyclic) bond motifs is 2. The second kappa shape index (κ2) is 6.54. The van der Waals surface area contributed by atoms with E-state index in [4.69, 9.17) is 34.8 Å². The van der Waals surface area contributed by atoms with Gasteiger partial charge < -0.3 is 4.90 Å². The molecule has 0 saturated carbocycles. The van der Waals surface area contributed by atoms with Crippen LogP contribution in [0.4, 0.5) is 11.6 Å². The number of carbonyl (C=O) groups is 1. The van der Waals surface area contributed by atoms with Crippen LogP contribution in [0.25, 0.3) is 11.0 Å². The molecule has 0 spiro atoms. The number of carbonyl (C=O) groups excluding carboxylic acids is 1. The molecule has 4 rings (SSSR count). The Hall–Kier alpha value is -2.15. The highest BCUT2D eigenvalue weighted by Crippen LogP contribution is 2.35. The van der Waals surface area contributed by atoms with Crippen molar-refractivity contribution in [1.82, 2.24) is 15.0 Å². The van der Waals surface area contributed by atoms with Crippen LogP contribution in [-0.4, -0.2) is 41.0 Å². The lowest BCUT2D eigenvalue weighted by atomic mass is 10.2. The number of pyridine rings is 1. The molecule has 6 nitrogen and oxygen atoms in total. The van der Waals surface area contributed by atoms with Gasteiger partial charge in [0.1, 0.15) is 5.69 Å². The third kappa shape index (κ3) is 2.74. The van der Waals surface area contributed by atoms with Gasteiger partial charge in [0.2, 0.25) is 0 Å². The maximum Gasteiger partial charge on any atom is 0.279 e. The summed E-state index contributed by atoms with van der Waals surface area (Å²) in [6, 6.07) is 7.51. The largest absolute Gasteiger partial charge is 0.355 e. The van der Waals surface area contributed by atoms with E-state index >= 15 is 0 Å². The van der Waals surface area contributed by atoms with Gasteiger partial charge in [-0.05, 0) is 12.1 Å². The van der Waals surface area contributed by atoms with Crippen molar-refractivity contribution < 1.29 is 4.79 Å². The Kier molecular flexibility index (Phi) is 4.34. The number of likely N-dealkylation sites (N-methyl/N-ethyl adjacent to an activating group) is 1. The lowest BCUT2D eigenvalue weighted by molar-refractivity contribution is 0.0981. The molecule has 1 aliphatic heterocycles. The van der Waals surface area contributed by atoms with Gasteiger partial charge in [0.25, 0.3) is 5.91 Å². The first kappa shape index (κ1) is 17.3. The molecule has 2 aromatic heterocycles. The molecule has 0 atom stereocenters. The van der Waals surface area contributed by atoms with Crippen molar-refractivity contribution in [2.24, 2.45) is 0 Å². The van der Waals surface area contributed by atoms with Gasteiger partial charge in [0.15, 0.2) is 11.6 Å². The second-order valence-electron chi connectivity index (χ2n) is 5.82. The van der Waals surface area contributed by atoms with Crippen LogP contribution in [0.3, 0.4) is 0 Å². The molecule has 0 radical (unpaired) electrons. The molecular weight excluding hydrogens is 397 g/mol. The number of halogens is 3. The van der Waals surface area contributed by atoms with Crippen LogP contribution >= 0.6 is 34.8 Å². The first-order valence-electron chi connectivity index (χ1n) is 7.76. The van der Waals surface area contributed by atoms with Gasteiger partial charge in [0.05, 0.1) is 26.1 Å². The minimum Gasteiger partial charge on any atom is -0.355 e. The number of benzene rings is 1. The fourth-order valence-corrected chi connectivity index (χ4v) is 3.36. The molecule has 0 fully saturated rings. The summed E-state index contributed by atoms with van der Waals surface area (Å²) in [5, 5.41) is 0.321. The molecule has 0 bridgehead atoms. The van der Waals surface area contributed by atoms with E-state index in [0.29, 0.717) is 30.2 Å². The molecule has 1 aliphatic rings. The van der Waals surface area contributed by atoms with Crippen molar-refractivity contribution in [3.63, 3.8) is 0 Å². The molecule has 0 aliphatic carbocycles. The molecule has 0 saturated heterocycles. The number of anilines is 2. The van der Waals surface area contributed by atoms with Crippen LogP contribution in [-0.2, 0) is 0 Å². The summed E-state index contributed by atoms with van der Waals surface area (Å²) < 4.78 is 0. The third-order valence-electron chi connectivity index (χ3n) is 4.18. The van der Waals surface area contributed by atoms with E-state index in [0.717, 1.165) is 5.52 Å². The van der Waals surface area contributed by atoms with Crippen molar-refractivity contribution in [3.05, 3.63) is 51.2 Å². The van der Waals surface area contributed by atoms with Crippen LogP contribution in [0.15, 0.2) is 30.5 Å². The maximum absolute atomic E-state index is 13.1. The van der Waals surface area contributed by atoms with Crippen molar-refractivity contribution in [1.29, 1.82) is 0 Å². The van der Waals surface area contributed by atoms with Gasteiger partial charge in [-0.25, -0.2) is 15.0 Å². The van der Waals surface area contributed by atoms with E-state index in [2.05, 4.69) is 15.0 Å². The minimum absolute atomic E-state index is 0.0263. The van der Waals surface area contributed by atoms with E-state index in [1.54, 1.807) is 0 Å². The molecule has 1 aromatic carbocycles. The van der Waals surface area contributed by atoms with Crippen LogP contribution < -0.4 is 9.80 Å². The molecule has 0 N–H and O–H groups in total. The topological polar surface area (TPSA) is 62.2 Å². The highest BCUT2D eigenvalue weighted by Gasteiger charge is 2.31. The number of hydrogen-bond acceptors (Lipinski definition) is 5. The average Bonchev–Trinajstić information content (AvgIpc) is 2.65. The fourth-order valence-electron chi connectivity index (χ4n) is 2.80. The van der Waals surface area contributed by atoms with Gasteiger partial charge in [0, 0.05) is 26.3 Å². The van der Waals surface area contributed by atoms with Crippen LogP contribution in [0.2, 0.25) is 15.1 Å². The molecule has 9 heteroatoms. The summed E-state index contributed by atoms with van der Waals surface area (Å²) in [5.74, 6) is 0.693. The van der Waals surface area contributed by atoms with E-state index in [1.807, 2.05) is 36.2 Å². The van der Waals surface area contributed by atoms with Crippen molar-refractivity contribution in [3.8, 4) is 0 Å². The zero-order valence-corrected chi connectivity index (χ0v) is 15.8. The Balaban J connectivity index is 1.84. The summed E-state index contributed by atoms with van der Waals surface area (Å²) in [4.78, 5) is 29.9. The van der Waals surface area contributed by atoms with Crippen LogP contribution in [0, 0.1) is 0 Å². The normalized spacial score (nSPS) is 13.8. The highest BCUT2D eigenvalue weighted by atomic mass is 35.5. The monoisotopic (exact) mass is 407 g/mol. The zero-order valence-electron chi connectivity index (χ0n) is 13.6. The van der Waals surface area contributed by atoms with Gasteiger partial charge in [-0.1, -0.05) is 46.9 Å². The lowest BCUT2D eigenvalue weighted by Gasteiger charge is -2.33. The number of amides is 1. The van der Waals surface area contributed by atoms with E-state index < -0.39 is 5.91 Å². The molecule has 3 heterocycles. The Bertz CT molecular complexity index is 1040. The van der Waals surface area contributed by atoms with Crippen LogP contribution in [0.1, 0.15) is 10.5 Å². The van der Waals surface area contributed by atoms with Gasteiger partial charge in [-0.15, -0.1) is 0 Å². The number of para-hydroxylation sites is 2. The predicted molar refractivity (Wildman–Crippen MR) is 104 cm³/mol. The van der Waals surface area contributed by atoms with Crippen LogP contribution in [0.5, 0.6) is 0 Å². The van der Waals surface area contributed by atoms with Gasteiger partial charge >= 0.3 is 0 Å². The standard InChI is InChI=1S/C17H12Cl3N5O/c1-24-6-7-25(17(26)14-13(20)12(19)9(18)8-21-14)16-15(24)22-10-4-2-3-5-11(10)23-16/h2-5,8H,6-7H2,1H3. The van der Waals surface area contributed by atoms with Crippen molar-refractivity contribution >= 4 is 63.4 Å². The quantitative estimate of drug-likeness (QED) is 0.607. The SMILES string of the molecule is CN1CCN(C(=O)c2ncc(Cl)c(Cl)c2Cl)c2nc3ccccc3nc21. The van der Waals surface area contributed by atoms with Crippen molar-refractivity contribution in [2.45, 2.75) is 0 Å². The summed E-state index contributed by atoms with van der Waals surface area (Å²) >= 11 is 18.2. The van der Waals surface area contributed by atoms with E-state index in [-0.39, 0.29) is 20.8 Å². The number of nitrogens with zero attached hydrogens (tertiary/aromatic N) is 5. The Morgan fingerprint density at radius 1 is 1.00 bits per heavy atom. The molecule has 3 aromatic rings. The predicted octanol–water partition coefficient (Wildman–Crippen LogP) is 4.08. The van der Waals surface area contributed by atoms with Gasteiger partial charge in [-0.3, -0.25) is 9.69 Å². The Labute approximate surface area is 164 Å². The third-order valence-corrected chi connectivity index (χ3v) is 5.42. The summed E-state index contributed by atoms with van der Waals surface area (Å²) in [7, 11) is 1.91. The molecular formula is C17H12Cl3N5O. The maximum atomic E-state index is 13.1. The highest BCUT2D eigenvalue weighted by molar-refractivity contribution is 6.49. The number of rotatable bonds is 1. The molecule has 1 amide bonds. The Morgan fingerprint density at radius 2 is 1.65 bits per heavy atom. The fraction of sp³-hybridized carbons (Fsp3) is 0.176. The van der Waals surface area contributed by atoms with E-state index in [9.17, 15) is 4.79 Å². The summed E-state index contributed by atoms with van der Waals surface area (Å²) in [6.07, 6.45) is 1.31. The van der Waals surface area contributed by atoms with Crippen molar-refractivity contribution in [2.75, 3.05) is 29.9 Å². The van der Waals surface area contributed by atoms with Gasteiger partial charge in [-0.2, -0.15) is 0 Å². The molecule has 132 valence electrons. The van der Waals surface area contributed by atoms with E-state index in [1.165, 1.54) is 11.1 Å². The zero-order chi connectivity index (χ0) is 18.4. The average molecular weight is 409 g/mol. The summed E-state index contributed by atoms with van der Waals surface area (Å²) in [6.45, 7) is 1.03. The Morgan fingerprint density at radius 3 is 2.35 bits per heavy atom. The molecule has 26 heavy (non-hydrogen) atoms. The summed E-state index contributed by atoms with van der Waals surface area (Å²) in [5.41, 5.74) is 1.50. The smallest absolute Gasteiger partial charge is 0.279 e. The first-order chi connectivity index (χ1) is 12.5. The lowest BCUT2D eigenvalue weighted by Crippen LogP contribution is -2.44. The minimum atomic E-state index is -0.396. The second-order valence-corrected chi connectivity index (χ2v) is 6.98. The number of aromatic nitrogens is 3. The molecule has 0 unspecified atom stereocenters. The number of hydrogen-bond donors (Lipinski definition) is 0. The first-order valence-corrected chi connectivity index (χ1v) is 8.90.